The number of benzene rings is 13. The molecule has 1 aliphatic carbocycles. The van der Waals surface area contributed by atoms with Crippen LogP contribution in [0.3, 0.4) is 0 Å². The molecule has 15 aromatic rings. The van der Waals surface area contributed by atoms with Crippen LogP contribution < -0.4 is 0 Å². The monoisotopic (exact) mass is 1030 g/mol. The van der Waals surface area contributed by atoms with Gasteiger partial charge in [-0.15, -0.1) is 0 Å². The topological polar surface area (TPSA) is 9.86 Å². The highest BCUT2D eigenvalue weighted by Gasteiger charge is 2.46. The Kier molecular flexibility index (Phi) is 10.8. The van der Waals surface area contributed by atoms with E-state index in [2.05, 4.69) is 325 Å². The van der Waals surface area contributed by atoms with Gasteiger partial charge in [0.2, 0.25) is 0 Å². The van der Waals surface area contributed by atoms with Crippen LogP contribution in [-0.2, 0) is 5.41 Å². The lowest BCUT2D eigenvalue weighted by Crippen LogP contribution is -2.28. The van der Waals surface area contributed by atoms with Gasteiger partial charge in [-0.3, -0.25) is 0 Å². The van der Waals surface area contributed by atoms with Crippen LogP contribution in [0.25, 0.3) is 122 Å². The molecule has 0 N–H and O–H groups in total. The summed E-state index contributed by atoms with van der Waals surface area (Å²) in [6.07, 6.45) is 0. The molecule has 1 aliphatic rings. The fourth-order valence-corrected chi connectivity index (χ4v) is 13.5. The SMILES string of the molecule is c1ccc(-c2ccc(-n3c4ccccc4c4cc(-c5ccc6c(c5)c5ccccc5n6-c5ccc(-c6ccc(-c7ccc(-c8cccc(C9(c%10ccccc%10)c%10ccccc%10-c%10ccccc%109)c8)cc7)cc6)cc5)ccc43)cc2)cc1. The summed E-state index contributed by atoms with van der Waals surface area (Å²) in [6, 6.07) is 116. The van der Waals surface area contributed by atoms with Crippen LogP contribution in [0.4, 0.5) is 0 Å². The molecule has 0 amide bonds. The zero-order chi connectivity index (χ0) is 53.4. The Morgan fingerprint density at radius 1 is 0.198 bits per heavy atom. The second-order valence-electron chi connectivity index (χ2n) is 21.6. The van der Waals surface area contributed by atoms with Crippen LogP contribution in [0.2, 0.25) is 0 Å². The highest BCUT2D eigenvalue weighted by molar-refractivity contribution is 6.13. The number of aromatic nitrogens is 2. The zero-order valence-electron chi connectivity index (χ0n) is 44.4. The molecule has 2 aromatic heterocycles. The number of nitrogens with zero attached hydrogens (tertiary/aromatic N) is 2. The molecule has 2 heterocycles. The van der Waals surface area contributed by atoms with E-state index >= 15 is 0 Å². The number of fused-ring (bicyclic) bond motifs is 9. The normalized spacial score (nSPS) is 12.5. The van der Waals surface area contributed by atoms with Gasteiger partial charge in [-0.2, -0.15) is 0 Å². The quantitative estimate of drug-likeness (QED) is 0.136. The highest BCUT2D eigenvalue weighted by Crippen LogP contribution is 2.56. The molecule has 0 spiro atoms. The summed E-state index contributed by atoms with van der Waals surface area (Å²) in [6.45, 7) is 0. The minimum atomic E-state index is -0.426. The average molecular weight is 1030 g/mol. The van der Waals surface area contributed by atoms with E-state index in [4.69, 9.17) is 0 Å². The third kappa shape index (κ3) is 7.49. The van der Waals surface area contributed by atoms with Crippen LogP contribution in [0, 0.1) is 0 Å². The summed E-state index contributed by atoms with van der Waals surface area (Å²) in [5, 5.41) is 4.97. The Bertz CT molecular complexity index is 4820. The third-order valence-electron chi connectivity index (χ3n) is 17.3. The molecule has 378 valence electrons. The minimum Gasteiger partial charge on any atom is -0.309 e. The standard InChI is InChI=1S/C79H52N2/c1-3-16-53(17-4-1)57-38-44-65(45-39-57)80-75-28-13-9-24-69(75)71-51-61(42-48-77(71)80)62-43-49-78-72(52-62)70-25-10-14-29-76(70)81(78)66-46-40-58(41-47-66)56-32-30-54(31-33-56)55-34-36-59(37-35-55)60-18-15-21-64(50-60)79(63-19-5-2-6-20-63)73-26-11-7-22-67(73)68-23-8-12-27-74(68)79/h1-52H. The van der Waals surface area contributed by atoms with Gasteiger partial charge in [0.15, 0.2) is 0 Å². The van der Waals surface area contributed by atoms with Crippen molar-refractivity contribution in [2.75, 3.05) is 0 Å². The molecule has 2 nitrogen and oxygen atoms in total. The van der Waals surface area contributed by atoms with Gasteiger partial charge in [0.25, 0.3) is 0 Å². The van der Waals surface area contributed by atoms with Crippen molar-refractivity contribution in [2.45, 2.75) is 5.41 Å². The van der Waals surface area contributed by atoms with Crippen molar-refractivity contribution in [1.29, 1.82) is 0 Å². The smallest absolute Gasteiger partial charge is 0.0713 e. The van der Waals surface area contributed by atoms with Crippen molar-refractivity contribution < 1.29 is 0 Å². The average Bonchev–Trinajstić information content (AvgIpc) is 4.36. The molecule has 0 saturated carbocycles. The lowest BCUT2D eigenvalue weighted by Gasteiger charge is -2.34. The molecule has 0 fully saturated rings. The summed E-state index contributed by atoms with van der Waals surface area (Å²) < 4.78 is 4.81. The summed E-state index contributed by atoms with van der Waals surface area (Å²) in [5.74, 6) is 0. The summed E-state index contributed by atoms with van der Waals surface area (Å²) in [7, 11) is 0. The van der Waals surface area contributed by atoms with Crippen molar-refractivity contribution in [2.24, 2.45) is 0 Å². The Balaban J connectivity index is 0.673. The lowest BCUT2D eigenvalue weighted by atomic mass is 9.67. The molecule has 16 rings (SSSR count). The van der Waals surface area contributed by atoms with Crippen molar-refractivity contribution in [3.63, 3.8) is 0 Å². The van der Waals surface area contributed by atoms with Gasteiger partial charge in [-0.25, -0.2) is 0 Å². The fourth-order valence-electron chi connectivity index (χ4n) is 13.5. The lowest BCUT2D eigenvalue weighted by molar-refractivity contribution is 0.769. The van der Waals surface area contributed by atoms with E-state index in [9.17, 15) is 0 Å². The van der Waals surface area contributed by atoms with Gasteiger partial charge in [0.05, 0.1) is 27.5 Å². The van der Waals surface area contributed by atoms with Gasteiger partial charge in [0, 0.05) is 32.9 Å². The van der Waals surface area contributed by atoms with Crippen LogP contribution >= 0.6 is 0 Å². The summed E-state index contributed by atoms with van der Waals surface area (Å²) in [4.78, 5) is 0. The first-order valence-electron chi connectivity index (χ1n) is 28.1. The molecule has 0 radical (unpaired) electrons. The fraction of sp³-hybridized carbons (Fsp3) is 0.0127. The van der Waals surface area contributed by atoms with Crippen molar-refractivity contribution in [3.05, 3.63) is 338 Å². The summed E-state index contributed by atoms with van der Waals surface area (Å²) >= 11 is 0. The van der Waals surface area contributed by atoms with E-state index in [0.29, 0.717) is 0 Å². The third-order valence-corrected chi connectivity index (χ3v) is 17.3. The molecular formula is C79H52N2. The zero-order valence-corrected chi connectivity index (χ0v) is 44.4. The molecule has 13 aromatic carbocycles. The Hall–Kier alpha value is -10.5. The van der Waals surface area contributed by atoms with Crippen LogP contribution in [0.5, 0.6) is 0 Å². The number of rotatable bonds is 9. The number of hydrogen-bond donors (Lipinski definition) is 0. The van der Waals surface area contributed by atoms with E-state index in [1.807, 2.05) is 0 Å². The van der Waals surface area contributed by atoms with Gasteiger partial charge >= 0.3 is 0 Å². The number of para-hydroxylation sites is 2. The minimum absolute atomic E-state index is 0.426. The Labute approximate surface area is 471 Å². The molecule has 81 heavy (non-hydrogen) atoms. The number of hydrogen-bond acceptors (Lipinski definition) is 0. The van der Waals surface area contributed by atoms with Gasteiger partial charge in [-0.1, -0.05) is 249 Å². The molecule has 0 unspecified atom stereocenters. The highest BCUT2D eigenvalue weighted by atomic mass is 15.0. The van der Waals surface area contributed by atoms with E-state index in [-0.39, 0.29) is 0 Å². The van der Waals surface area contributed by atoms with E-state index in [1.165, 1.54) is 133 Å². The Morgan fingerprint density at radius 2 is 0.519 bits per heavy atom. The molecule has 0 atom stereocenters. The van der Waals surface area contributed by atoms with Crippen molar-refractivity contribution in [3.8, 4) is 78.1 Å². The molecular weight excluding hydrogens is 977 g/mol. The largest absolute Gasteiger partial charge is 0.309 e. The van der Waals surface area contributed by atoms with Gasteiger partial charge in [-0.05, 0) is 156 Å². The predicted octanol–water partition coefficient (Wildman–Crippen LogP) is 20.6. The second kappa shape index (κ2) is 18.8. The van der Waals surface area contributed by atoms with E-state index in [0.717, 1.165) is 11.4 Å². The van der Waals surface area contributed by atoms with Crippen molar-refractivity contribution >= 4 is 43.6 Å². The van der Waals surface area contributed by atoms with Crippen LogP contribution in [-0.4, -0.2) is 9.13 Å². The van der Waals surface area contributed by atoms with Crippen LogP contribution in [0.1, 0.15) is 22.3 Å². The maximum absolute atomic E-state index is 2.41. The molecule has 0 aliphatic heterocycles. The first-order chi connectivity index (χ1) is 40.2. The summed E-state index contributed by atoms with van der Waals surface area (Å²) in [5.41, 5.74) is 26.5. The molecule has 0 bridgehead atoms. The van der Waals surface area contributed by atoms with E-state index < -0.39 is 5.41 Å². The predicted molar refractivity (Wildman–Crippen MR) is 340 cm³/mol. The van der Waals surface area contributed by atoms with Crippen LogP contribution in [0.15, 0.2) is 315 Å². The molecule has 2 heteroatoms. The van der Waals surface area contributed by atoms with Crippen molar-refractivity contribution in [1.82, 2.24) is 9.13 Å². The molecule has 0 saturated heterocycles. The van der Waals surface area contributed by atoms with E-state index in [1.54, 1.807) is 0 Å². The Morgan fingerprint density at radius 3 is 1.00 bits per heavy atom. The van der Waals surface area contributed by atoms with Gasteiger partial charge in [0.1, 0.15) is 0 Å². The van der Waals surface area contributed by atoms with Gasteiger partial charge < -0.3 is 9.13 Å². The maximum atomic E-state index is 2.41. The first-order valence-corrected chi connectivity index (χ1v) is 28.1. The maximum Gasteiger partial charge on any atom is 0.0713 e. The first kappa shape index (κ1) is 46.5. The second-order valence-corrected chi connectivity index (χ2v) is 21.6.